The van der Waals surface area contributed by atoms with E-state index in [1.807, 2.05) is 20.0 Å². The van der Waals surface area contributed by atoms with Gasteiger partial charge >= 0.3 is 0 Å². The molecule has 1 aromatic heterocycles. The summed E-state index contributed by atoms with van der Waals surface area (Å²) in [6, 6.07) is 0.453. The monoisotopic (exact) mass is 270 g/mol. The third-order valence-electron chi connectivity index (χ3n) is 2.42. The van der Waals surface area contributed by atoms with Crippen molar-refractivity contribution < 1.29 is 9.47 Å². The lowest BCUT2D eigenvalue weighted by Gasteiger charge is -2.07. The Labute approximate surface area is 115 Å². The highest BCUT2D eigenvalue weighted by atomic mass is 16.5. The smallest absolute Gasteiger partial charge is 0.0964 e. The van der Waals surface area contributed by atoms with E-state index in [0.29, 0.717) is 25.9 Å². The van der Waals surface area contributed by atoms with Crippen LogP contribution in [0.2, 0.25) is 0 Å². The normalized spacial score (nSPS) is 11.7. The van der Waals surface area contributed by atoms with Gasteiger partial charge in [-0.05, 0) is 13.8 Å². The van der Waals surface area contributed by atoms with Crippen molar-refractivity contribution in [2.24, 2.45) is 0 Å². The molecule has 1 rings (SSSR count). The minimum Gasteiger partial charge on any atom is -0.377 e. The van der Waals surface area contributed by atoms with Gasteiger partial charge in [-0.2, -0.15) is 0 Å². The second kappa shape index (κ2) is 9.01. The summed E-state index contributed by atoms with van der Waals surface area (Å²) in [4.78, 5) is 0. The maximum atomic E-state index is 5.47. The molecule has 0 saturated carbocycles. The minimum absolute atomic E-state index is 0.259. The molecular formula is C13H26N4O2. The molecule has 0 aromatic carbocycles. The minimum atomic E-state index is 0.259. The molecular weight excluding hydrogens is 244 g/mol. The Bertz CT molecular complexity index is 339. The molecule has 0 unspecified atom stereocenters. The van der Waals surface area contributed by atoms with Crippen molar-refractivity contribution in [1.29, 1.82) is 0 Å². The largest absolute Gasteiger partial charge is 0.377 e. The highest BCUT2D eigenvalue weighted by Crippen LogP contribution is 1.94. The van der Waals surface area contributed by atoms with E-state index in [2.05, 4.69) is 29.5 Å². The van der Waals surface area contributed by atoms with E-state index in [-0.39, 0.29) is 6.10 Å². The van der Waals surface area contributed by atoms with Crippen LogP contribution in [-0.2, 0) is 22.6 Å². The lowest BCUT2D eigenvalue weighted by molar-refractivity contribution is 0.0170. The van der Waals surface area contributed by atoms with Gasteiger partial charge in [0, 0.05) is 18.8 Å². The molecule has 0 spiro atoms. The first-order valence-electron chi connectivity index (χ1n) is 6.89. The zero-order valence-electron chi connectivity index (χ0n) is 12.4. The fourth-order valence-electron chi connectivity index (χ4n) is 1.44. The first kappa shape index (κ1) is 16.1. The zero-order chi connectivity index (χ0) is 14.1. The van der Waals surface area contributed by atoms with Gasteiger partial charge in [0.1, 0.15) is 0 Å². The van der Waals surface area contributed by atoms with Crippen molar-refractivity contribution in [3.8, 4) is 0 Å². The molecule has 1 aromatic rings. The van der Waals surface area contributed by atoms with Gasteiger partial charge < -0.3 is 14.8 Å². The number of nitrogens with one attached hydrogen (secondary N) is 1. The van der Waals surface area contributed by atoms with Gasteiger partial charge in [-0.1, -0.05) is 19.1 Å². The molecule has 0 amide bonds. The van der Waals surface area contributed by atoms with E-state index < -0.39 is 0 Å². The number of nitrogens with zero attached hydrogens (tertiary/aromatic N) is 3. The molecule has 6 heteroatoms. The number of aromatic nitrogens is 3. The summed E-state index contributed by atoms with van der Waals surface area (Å²) in [5, 5.41) is 11.5. The Kier molecular flexibility index (Phi) is 7.62. The lowest BCUT2D eigenvalue weighted by Crippen LogP contribution is -2.21. The van der Waals surface area contributed by atoms with Gasteiger partial charge in [0.05, 0.1) is 38.2 Å². The molecule has 0 aliphatic carbocycles. The summed E-state index contributed by atoms with van der Waals surface area (Å²) in [5.41, 5.74) is 0.955. The second-order valence-corrected chi connectivity index (χ2v) is 5.04. The van der Waals surface area contributed by atoms with Crippen LogP contribution in [0.15, 0.2) is 6.20 Å². The van der Waals surface area contributed by atoms with E-state index in [4.69, 9.17) is 9.47 Å². The third kappa shape index (κ3) is 7.92. The number of hydrogen-bond acceptors (Lipinski definition) is 5. The van der Waals surface area contributed by atoms with Gasteiger partial charge in [0.2, 0.25) is 0 Å². The van der Waals surface area contributed by atoms with Crippen LogP contribution in [0.5, 0.6) is 0 Å². The van der Waals surface area contributed by atoms with E-state index in [1.54, 1.807) is 4.68 Å². The SMILES string of the molecule is CC(C)NCc1cn(CCOCCOC(C)C)nn1. The zero-order valence-corrected chi connectivity index (χ0v) is 12.4. The summed E-state index contributed by atoms with van der Waals surface area (Å²) < 4.78 is 12.7. The fraction of sp³-hybridized carbons (Fsp3) is 0.846. The lowest BCUT2D eigenvalue weighted by atomic mass is 10.3. The average molecular weight is 270 g/mol. The van der Waals surface area contributed by atoms with Crippen LogP contribution in [-0.4, -0.2) is 47.0 Å². The molecule has 0 aliphatic heterocycles. The predicted molar refractivity (Wildman–Crippen MR) is 73.9 cm³/mol. The van der Waals surface area contributed by atoms with Crippen LogP contribution >= 0.6 is 0 Å². The molecule has 0 atom stereocenters. The molecule has 0 fully saturated rings. The molecule has 1 heterocycles. The Morgan fingerprint density at radius 3 is 2.68 bits per heavy atom. The molecule has 0 radical (unpaired) electrons. The molecule has 6 nitrogen and oxygen atoms in total. The average Bonchev–Trinajstić information content (AvgIpc) is 2.78. The quantitative estimate of drug-likeness (QED) is 0.648. The topological polar surface area (TPSA) is 61.2 Å². The van der Waals surface area contributed by atoms with E-state index in [9.17, 15) is 0 Å². The van der Waals surface area contributed by atoms with Crippen molar-refractivity contribution >= 4 is 0 Å². The number of ether oxygens (including phenoxy) is 2. The van der Waals surface area contributed by atoms with Crippen molar-refractivity contribution in [2.45, 2.75) is 52.9 Å². The standard InChI is InChI=1S/C13H26N4O2/c1-11(2)14-9-13-10-17(16-15-13)5-6-18-7-8-19-12(3)4/h10-12,14H,5-9H2,1-4H3. The van der Waals surface area contributed by atoms with Crippen LogP contribution in [0.25, 0.3) is 0 Å². The summed E-state index contributed by atoms with van der Waals surface area (Å²) in [6.07, 6.45) is 2.21. The second-order valence-electron chi connectivity index (χ2n) is 5.04. The number of hydrogen-bond donors (Lipinski definition) is 1. The van der Waals surface area contributed by atoms with Crippen LogP contribution in [0.3, 0.4) is 0 Å². The summed E-state index contributed by atoms with van der Waals surface area (Å²) >= 11 is 0. The van der Waals surface area contributed by atoms with E-state index in [0.717, 1.165) is 18.8 Å². The highest BCUT2D eigenvalue weighted by Gasteiger charge is 2.01. The van der Waals surface area contributed by atoms with Crippen molar-refractivity contribution in [2.75, 3.05) is 19.8 Å². The van der Waals surface area contributed by atoms with Gasteiger partial charge in [-0.25, -0.2) is 4.68 Å². The van der Waals surface area contributed by atoms with Gasteiger partial charge in [-0.3, -0.25) is 0 Å². The van der Waals surface area contributed by atoms with Crippen LogP contribution in [0.1, 0.15) is 33.4 Å². The van der Waals surface area contributed by atoms with Crippen LogP contribution < -0.4 is 5.32 Å². The van der Waals surface area contributed by atoms with E-state index in [1.165, 1.54) is 0 Å². The van der Waals surface area contributed by atoms with Gasteiger partial charge in [0.25, 0.3) is 0 Å². The maximum absolute atomic E-state index is 5.47. The first-order chi connectivity index (χ1) is 9.08. The molecule has 1 N–H and O–H groups in total. The predicted octanol–water partition coefficient (Wildman–Crippen LogP) is 1.22. The molecule has 0 saturated heterocycles. The van der Waals surface area contributed by atoms with E-state index >= 15 is 0 Å². The van der Waals surface area contributed by atoms with Crippen LogP contribution in [0, 0.1) is 0 Å². The molecule has 0 bridgehead atoms. The Hall–Kier alpha value is -0.980. The Balaban J connectivity index is 2.09. The Morgan fingerprint density at radius 2 is 2.00 bits per heavy atom. The summed E-state index contributed by atoms with van der Waals surface area (Å²) in [7, 11) is 0. The highest BCUT2D eigenvalue weighted by molar-refractivity contribution is 4.91. The molecule has 110 valence electrons. The molecule has 19 heavy (non-hydrogen) atoms. The number of rotatable bonds is 10. The summed E-state index contributed by atoms with van der Waals surface area (Å²) in [6.45, 7) is 11.6. The van der Waals surface area contributed by atoms with Crippen LogP contribution in [0.4, 0.5) is 0 Å². The first-order valence-corrected chi connectivity index (χ1v) is 6.89. The van der Waals surface area contributed by atoms with Gasteiger partial charge in [-0.15, -0.1) is 5.10 Å². The van der Waals surface area contributed by atoms with Crippen molar-refractivity contribution in [3.05, 3.63) is 11.9 Å². The van der Waals surface area contributed by atoms with Crippen molar-refractivity contribution in [3.63, 3.8) is 0 Å². The summed E-state index contributed by atoms with van der Waals surface area (Å²) in [5.74, 6) is 0. The maximum Gasteiger partial charge on any atom is 0.0964 e. The third-order valence-corrected chi connectivity index (χ3v) is 2.42. The van der Waals surface area contributed by atoms with Gasteiger partial charge in [0.15, 0.2) is 0 Å². The molecule has 0 aliphatic rings. The van der Waals surface area contributed by atoms with Crippen molar-refractivity contribution in [1.82, 2.24) is 20.3 Å². The fourth-order valence-corrected chi connectivity index (χ4v) is 1.44. The Morgan fingerprint density at radius 1 is 1.21 bits per heavy atom.